The number of carbonyl (C=O) groups excluding carboxylic acids is 1. The fraction of sp³-hybridized carbons (Fsp3) is 0.389. The van der Waals surface area contributed by atoms with Gasteiger partial charge in [-0.15, -0.1) is 0 Å². The number of amides is 1. The molecule has 6 heteroatoms. The molecule has 6 nitrogen and oxygen atoms in total. The number of pyridine rings is 2. The molecule has 24 heavy (non-hydrogen) atoms. The van der Waals surface area contributed by atoms with Gasteiger partial charge in [0.15, 0.2) is 0 Å². The van der Waals surface area contributed by atoms with Gasteiger partial charge in [0.05, 0.1) is 6.10 Å². The van der Waals surface area contributed by atoms with E-state index in [1.807, 2.05) is 18.2 Å². The monoisotopic (exact) mass is 327 g/mol. The molecule has 1 saturated heterocycles. The summed E-state index contributed by atoms with van der Waals surface area (Å²) in [5.74, 6) is -0.398. The topological polar surface area (TPSA) is 86.3 Å². The van der Waals surface area contributed by atoms with Gasteiger partial charge >= 0.3 is 0 Å². The number of nitrogens with one attached hydrogen (secondary N) is 1. The average molecular weight is 327 g/mol. The Morgan fingerprint density at radius 2 is 2.17 bits per heavy atom. The number of hydrogen-bond donors (Lipinski definition) is 2. The largest absolute Gasteiger partial charge is 0.391 e. The second-order valence-corrected chi connectivity index (χ2v) is 6.40. The van der Waals surface area contributed by atoms with E-state index in [-0.39, 0.29) is 29.5 Å². The van der Waals surface area contributed by atoms with E-state index in [4.69, 9.17) is 0 Å². The Morgan fingerprint density at radius 1 is 1.38 bits per heavy atom. The molecule has 0 aromatic carbocycles. The van der Waals surface area contributed by atoms with Gasteiger partial charge in [-0.2, -0.15) is 0 Å². The van der Waals surface area contributed by atoms with Crippen molar-refractivity contribution >= 4 is 5.91 Å². The minimum atomic E-state index is -0.610. The summed E-state index contributed by atoms with van der Waals surface area (Å²) < 4.78 is 0. The molecular weight excluding hydrogens is 306 g/mol. The van der Waals surface area contributed by atoms with Gasteiger partial charge in [-0.1, -0.05) is 6.07 Å². The van der Waals surface area contributed by atoms with E-state index >= 15 is 0 Å². The molecule has 1 amide bonds. The lowest BCUT2D eigenvalue weighted by atomic mass is 10.00. The highest BCUT2D eigenvalue weighted by Crippen LogP contribution is 2.22. The molecule has 0 bridgehead atoms. The zero-order valence-corrected chi connectivity index (χ0v) is 13.8. The molecule has 0 spiro atoms. The van der Waals surface area contributed by atoms with Crippen molar-refractivity contribution in [1.82, 2.24) is 14.9 Å². The lowest BCUT2D eigenvalue weighted by molar-refractivity contribution is 0.0762. The molecule has 2 atom stereocenters. The third-order valence-corrected chi connectivity index (χ3v) is 4.47. The summed E-state index contributed by atoms with van der Waals surface area (Å²) in [6, 6.07) is 7.44. The van der Waals surface area contributed by atoms with Crippen LogP contribution in [0.4, 0.5) is 0 Å². The fourth-order valence-electron chi connectivity index (χ4n) is 3.29. The molecule has 2 aromatic rings. The predicted molar refractivity (Wildman–Crippen MR) is 89.9 cm³/mol. The van der Waals surface area contributed by atoms with E-state index in [9.17, 15) is 14.7 Å². The number of aromatic nitrogens is 2. The quantitative estimate of drug-likeness (QED) is 0.883. The van der Waals surface area contributed by atoms with Crippen molar-refractivity contribution in [3.05, 3.63) is 63.3 Å². The predicted octanol–water partition coefficient (Wildman–Crippen LogP) is 1.06. The molecule has 3 rings (SSSR count). The first-order valence-corrected chi connectivity index (χ1v) is 8.03. The number of aliphatic hydroxyl groups is 1. The van der Waals surface area contributed by atoms with Gasteiger partial charge < -0.3 is 15.0 Å². The number of rotatable bonds is 3. The van der Waals surface area contributed by atoms with Crippen molar-refractivity contribution in [1.29, 1.82) is 0 Å². The Hall–Kier alpha value is -2.47. The van der Waals surface area contributed by atoms with Crippen LogP contribution in [0, 0.1) is 19.8 Å². The van der Waals surface area contributed by atoms with E-state index in [1.165, 1.54) is 0 Å². The second-order valence-electron chi connectivity index (χ2n) is 6.40. The summed E-state index contributed by atoms with van der Waals surface area (Å²) in [7, 11) is 0. The lowest BCUT2D eigenvalue weighted by Gasteiger charge is -2.17. The van der Waals surface area contributed by atoms with Crippen LogP contribution in [-0.4, -0.2) is 45.1 Å². The molecule has 1 aliphatic heterocycles. The number of nitrogens with zero attached hydrogens (tertiary/aromatic N) is 2. The number of carbonyl (C=O) groups is 1. The summed E-state index contributed by atoms with van der Waals surface area (Å²) in [6.07, 6.45) is 1.71. The van der Waals surface area contributed by atoms with Gasteiger partial charge in [0, 0.05) is 36.6 Å². The molecule has 0 aliphatic carbocycles. The Morgan fingerprint density at radius 3 is 2.83 bits per heavy atom. The van der Waals surface area contributed by atoms with Gasteiger partial charge in [0.25, 0.3) is 11.5 Å². The van der Waals surface area contributed by atoms with Gasteiger partial charge in [-0.05, 0) is 44.0 Å². The van der Waals surface area contributed by atoms with Crippen molar-refractivity contribution in [2.24, 2.45) is 5.92 Å². The van der Waals surface area contributed by atoms with Crippen molar-refractivity contribution in [2.75, 3.05) is 13.1 Å². The number of hydrogen-bond acceptors (Lipinski definition) is 4. The maximum Gasteiger partial charge on any atom is 0.261 e. The van der Waals surface area contributed by atoms with Crippen LogP contribution in [0.3, 0.4) is 0 Å². The molecule has 1 fully saturated rings. The van der Waals surface area contributed by atoms with Crippen LogP contribution in [0.15, 0.2) is 35.3 Å². The number of aromatic amines is 1. The minimum Gasteiger partial charge on any atom is -0.391 e. The third kappa shape index (κ3) is 3.23. The van der Waals surface area contributed by atoms with Crippen LogP contribution in [0.25, 0.3) is 0 Å². The maximum absolute atomic E-state index is 12.7. The van der Waals surface area contributed by atoms with Crippen LogP contribution < -0.4 is 5.56 Å². The molecule has 0 saturated carbocycles. The first kappa shape index (κ1) is 16.4. The van der Waals surface area contributed by atoms with Crippen LogP contribution in [0.1, 0.15) is 27.3 Å². The van der Waals surface area contributed by atoms with Gasteiger partial charge in [0.1, 0.15) is 5.56 Å². The summed E-state index contributed by atoms with van der Waals surface area (Å²) in [4.78, 5) is 33.4. The Balaban J connectivity index is 1.77. The van der Waals surface area contributed by atoms with Crippen LogP contribution in [-0.2, 0) is 6.42 Å². The molecule has 1 aliphatic rings. The van der Waals surface area contributed by atoms with Crippen LogP contribution in [0.5, 0.6) is 0 Å². The highest BCUT2D eigenvalue weighted by Gasteiger charge is 2.35. The van der Waals surface area contributed by atoms with Gasteiger partial charge in [-0.25, -0.2) is 0 Å². The Labute approximate surface area is 140 Å². The van der Waals surface area contributed by atoms with E-state index < -0.39 is 6.10 Å². The van der Waals surface area contributed by atoms with Gasteiger partial charge in [0.2, 0.25) is 0 Å². The Bertz CT molecular complexity index is 801. The normalized spacial score (nSPS) is 20.4. The van der Waals surface area contributed by atoms with E-state index in [0.717, 1.165) is 11.4 Å². The molecule has 126 valence electrons. The van der Waals surface area contributed by atoms with Crippen molar-refractivity contribution in [2.45, 2.75) is 26.4 Å². The zero-order valence-electron chi connectivity index (χ0n) is 13.8. The molecule has 2 aromatic heterocycles. The zero-order chi connectivity index (χ0) is 17.3. The molecular formula is C18H21N3O3. The molecule has 2 N–H and O–H groups in total. The minimum absolute atomic E-state index is 0.0753. The lowest BCUT2D eigenvalue weighted by Crippen LogP contribution is -2.34. The fourth-order valence-corrected chi connectivity index (χ4v) is 3.29. The van der Waals surface area contributed by atoms with E-state index in [2.05, 4.69) is 9.97 Å². The number of β-amino-alcohol motifs (C(OH)–C–C–N with tert-alkyl or cyclic N) is 1. The van der Waals surface area contributed by atoms with E-state index in [0.29, 0.717) is 18.5 Å². The second kappa shape index (κ2) is 6.57. The van der Waals surface area contributed by atoms with Crippen molar-refractivity contribution < 1.29 is 9.90 Å². The molecule has 0 radical (unpaired) electrons. The summed E-state index contributed by atoms with van der Waals surface area (Å²) in [5, 5.41) is 10.3. The van der Waals surface area contributed by atoms with Gasteiger partial charge in [-0.3, -0.25) is 14.6 Å². The number of H-pyrrole nitrogens is 1. The van der Waals surface area contributed by atoms with Crippen LogP contribution in [0.2, 0.25) is 0 Å². The van der Waals surface area contributed by atoms with Crippen molar-refractivity contribution in [3.63, 3.8) is 0 Å². The number of aliphatic hydroxyl groups excluding tert-OH is 1. The Kier molecular flexibility index (Phi) is 4.49. The van der Waals surface area contributed by atoms with Crippen LogP contribution >= 0.6 is 0 Å². The van der Waals surface area contributed by atoms with Crippen molar-refractivity contribution in [3.8, 4) is 0 Å². The third-order valence-electron chi connectivity index (χ3n) is 4.47. The van der Waals surface area contributed by atoms with E-state index in [1.54, 1.807) is 31.0 Å². The first-order chi connectivity index (χ1) is 11.5. The maximum atomic E-state index is 12.7. The number of likely N-dealkylation sites (tertiary alicyclic amines) is 1. The average Bonchev–Trinajstić information content (AvgIpc) is 2.88. The summed E-state index contributed by atoms with van der Waals surface area (Å²) in [6.45, 7) is 4.20. The smallest absolute Gasteiger partial charge is 0.261 e. The molecule has 0 unspecified atom stereocenters. The summed E-state index contributed by atoms with van der Waals surface area (Å²) in [5.41, 5.74) is 2.05. The number of aryl methyl sites for hydroxylation is 2. The standard InChI is InChI=1S/C18H21N3O3/c1-11-7-12(2)20-17(23)16(11)18(24)21-9-13(15(22)10-21)8-14-5-3-4-6-19-14/h3-7,13,15,22H,8-10H2,1-2H3,(H,20,23)/t13-,15-/m1/s1. The summed E-state index contributed by atoms with van der Waals surface area (Å²) >= 11 is 0. The highest BCUT2D eigenvalue weighted by atomic mass is 16.3. The first-order valence-electron chi connectivity index (χ1n) is 8.03. The highest BCUT2D eigenvalue weighted by molar-refractivity contribution is 5.95. The molecule has 3 heterocycles. The SMILES string of the molecule is Cc1cc(C)c(C(=O)N2C[C@@H](Cc3ccccn3)[C@H](O)C2)c(=O)[nH]1.